The van der Waals surface area contributed by atoms with E-state index in [9.17, 15) is 14.0 Å². The summed E-state index contributed by atoms with van der Waals surface area (Å²) < 4.78 is 19.0. The number of carboxylic acid groups (broad SMARTS) is 1. The zero-order valence-corrected chi connectivity index (χ0v) is 18.1. The molecule has 1 aliphatic heterocycles. The number of carbonyl (C=O) groups is 1. The summed E-state index contributed by atoms with van der Waals surface area (Å²) in [4.78, 5) is 26.6. The van der Waals surface area contributed by atoms with Crippen molar-refractivity contribution in [2.24, 2.45) is 0 Å². The maximum absolute atomic E-state index is 13.2. The summed E-state index contributed by atoms with van der Waals surface area (Å²) in [5.74, 6) is 1.29. The molecule has 8 heteroatoms. The number of carboxylic acids is 1. The number of rotatable bonds is 7. The Morgan fingerprint density at radius 3 is 2.52 bits per heavy atom. The SMILES string of the molecule is C[C@@H]1CN(COc2ccc(CC(=O)O)cc2Cl)[C@@H](C)C(=C=O)N1Cc1ccc(F)cc1. The Morgan fingerprint density at radius 1 is 1.23 bits per heavy atom. The van der Waals surface area contributed by atoms with Crippen LogP contribution >= 0.6 is 11.6 Å². The Bertz CT molecular complexity index is 992. The number of hydrogen-bond donors (Lipinski definition) is 1. The number of carbonyl (C=O) groups excluding carboxylic acids is 1. The number of halogens is 2. The van der Waals surface area contributed by atoms with Gasteiger partial charge >= 0.3 is 5.97 Å². The average molecular weight is 447 g/mol. The second-order valence-electron chi connectivity index (χ2n) is 7.65. The van der Waals surface area contributed by atoms with Gasteiger partial charge in [0.05, 0.1) is 17.5 Å². The fourth-order valence-corrected chi connectivity index (χ4v) is 3.94. The third kappa shape index (κ3) is 5.64. The molecule has 0 radical (unpaired) electrons. The molecule has 6 nitrogen and oxygen atoms in total. The first kappa shape index (κ1) is 22.8. The number of piperazine rings is 1. The van der Waals surface area contributed by atoms with Gasteiger partial charge in [0.15, 0.2) is 0 Å². The molecule has 1 heterocycles. The highest BCUT2D eigenvalue weighted by Gasteiger charge is 2.34. The highest BCUT2D eigenvalue weighted by atomic mass is 35.5. The lowest BCUT2D eigenvalue weighted by molar-refractivity contribution is -0.136. The molecule has 0 saturated carbocycles. The van der Waals surface area contributed by atoms with Gasteiger partial charge in [-0.2, -0.15) is 0 Å². The molecule has 3 rings (SSSR count). The number of ether oxygens (including phenoxy) is 1. The Morgan fingerprint density at radius 2 is 1.90 bits per heavy atom. The van der Waals surface area contributed by atoms with Gasteiger partial charge in [0, 0.05) is 19.1 Å². The minimum absolute atomic E-state index is 0.00900. The fourth-order valence-electron chi connectivity index (χ4n) is 3.68. The number of nitrogens with zero attached hydrogens (tertiary/aromatic N) is 2. The summed E-state index contributed by atoms with van der Waals surface area (Å²) in [5, 5.41) is 9.23. The van der Waals surface area contributed by atoms with Crippen LogP contribution in [-0.4, -0.2) is 52.2 Å². The molecule has 0 aromatic heterocycles. The van der Waals surface area contributed by atoms with Gasteiger partial charge in [-0.3, -0.25) is 9.69 Å². The van der Waals surface area contributed by atoms with E-state index in [-0.39, 0.29) is 31.1 Å². The molecule has 1 aliphatic rings. The smallest absolute Gasteiger partial charge is 0.307 e. The van der Waals surface area contributed by atoms with Gasteiger partial charge in [0.1, 0.15) is 29.9 Å². The van der Waals surface area contributed by atoms with E-state index in [4.69, 9.17) is 21.4 Å². The van der Waals surface area contributed by atoms with Crippen molar-refractivity contribution in [2.75, 3.05) is 13.3 Å². The van der Waals surface area contributed by atoms with E-state index in [0.717, 1.165) is 5.56 Å². The van der Waals surface area contributed by atoms with Crippen LogP contribution in [0.1, 0.15) is 25.0 Å². The summed E-state index contributed by atoms with van der Waals surface area (Å²) in [7, 11) is 0. The van der Waals surface area contributed by atoms with Crippen LogP contribution in [0.3, 0.4) is 0 Å². The predicted octanol–water partition coefficient (Wildman–Crippen LogP) is 3.75. The lowest BCUT2D eigenvalue weighted by atomic mass is 10.0. The van der Waals surface area contributed by atoms with Crippen LogP contribution in [0, 0.1) is 5.82 Å². The number of benzene rings is 2. The first-order chi connectivity index (χ1) is 14.8. The standard InChI is InChI=1S/C23H24ClFN2O4/c1-15-11-26(14-31-22-8-5-18(9-20(22)24)10-23(29)30)16(2)21(13-28)27(15)12-17-3-6-19(25)7-4-17/h3-9,15-16H,10-12,14H2,1-2H3,(H,29,30)/t15-,16+/m1/s1. The second-order valence-corrected chi connectivity index (χ2v) is 8.05. The van der Waals surface area contributed by atoms with E-state index in [1.165, 1.54) is 12.1 Å². The maximum atomic E-state index is 13.2. The average Bonchev–Trinajstić information content (AvgIpc) is 2.72. The van der Waals surface area contributed by atoms with Crippen molar-refractivity contribution in [2.45, 2.75) is 38.9 Å². The molecule has 0 spiro atoms. The lowest BCUT2D eigenvalue weighted by Gasteiger charge is -2.45. The molecule has 2 aromatic rings. The largest absolute Gasteiger partial charge is 0.481 e. The normalized spacial score (nSPS) is 19.2. The Hall–Kier alpha value is -2.86. The van der Waals surface area contributed by atoms with Crippen molar-refractivity contribution < 1.29 is 23.8 Å². The Labute approximate surface area is 185 Å². The van der Waals surface area contributed by atoms with Gasteiger partial charge in [-0.05, 0) is 49.2 Å². The number of hydrogen-bond acceptors (Lipinski definition) is 5. The Balaban J connectivity index is 1.67. The molecule has 2 aromatic carbocycles. The van der Waals surface area contributed by atoms with Crippen LogP contribution in [0.2, 0.25) is 5.02 Å². The molecular formula is C23H24ClFN2O4. The van der Waals surface area contributed by atoms with E-state index < -0.39 is 5.97 Å². The molecule has 164 valence electrons. The van der Waals surface area contributed by atoms with Crippen LogP contribution < -0.4 is 4.74 Å². The molecular weight excluding hydrogens is 423 g/mol. The zero-order chi connectivity index (χ0) is 22.5. The summed E-state index contributed by atoms with van der Waals surface area (Å²) >= 11 is 6.24. The first-order valence-corrected chi connectivity index (χ1v) is 10.3. The van der Waals surface area contributed by atoms with Gasteiger partial charge in [0.25, 0.3) is 0 Å². The topological polar surface area (TPSA) is 70.1 Å². The molecule has 31 heavy (non-hydrogen) atoms. The molecule has 0 aliphatic carbocycles. The maximum Gasteiger partial charge on any atom is 0.307 e. The minimum atomic E-state index is -0.931. The second kappa shape index (κ2) is 9.96. The molecule has 1 saturated heterocycles. The van der Waals surface area contributed by atoms with Crippen molar-refractivity contribution in [1.29, 1.82) is 0 Å². The lowest BCUT2D eigenvalue weighted by Crippen LogP contribution is -2.55. The highest BCUT2D eigenvalue weighted by molar-refractivity contribution is 6.32. The summed E-state index contributed by atoms with van der Waals surface area (Å²) in [5.41, 5.74) is 2.01. The van der Waals surface area contributed by atoms with Crippen LogP contribution in [-0.2, 0) is 22.6 Å². The van der Waals surface area contributed by atoms with Gasteiger partial charge in [-0.15, -0.1) is 0 Å². The summed E-state index contributed by atoms with van der Waals surface area (Å²) in [6.45, 7) is 5.25. The van der Waals surface area contributed by atoms with E-state index in [1.54, 1.807) is 30.3 Å². The van der Waals surface area contributed by atoms with Gasteiger partial charge in [-0.1, -0.05) is 29.8 Å². The van der Waals surface area contributed by atoms with E-state index in [0.29, 0.717) is 35.1 Å². The number of aliphatic carboxylic acids is 1. The predicted molar refractivity (Wildman–Crippen MR) is 115 cm³/mol. The highest BCUT2D eigenvalue weighted by Crippen LogP contribution is 2.29. The Kier molecular flexibility index (Phi) is 7.33. The van der Waals surface area contributed by atoms with Crippen molar-refractivity contribution in [3.8, 4) is 5.75 Å². The van der Waals surface area contributed by atoms with Crippen LogP contribution in [0.25, 0.3) is 0 Å². The van der Waals surface area contributed by atoms with Crippen molar-refractivity contribution in [3.63, 3.8) is 0 Å². The van der Waals surface area contributed by atoms with E-state index in [2.05, 4.69) is 5.94 Å². The molecule has 2 atom stereocenters. The first-order valence-electron chi connectivity index (χ1n) is 9.91. The van der Waals surface area contributed by atoms with Gasteiger partial charge < -0.3 is 14.7 Å². The van der Waals surface area contributed by atoms with Crippen molar-refractivity contribution >= 4 is 23.5 Å². The van der Waals surface area contributed by atoms with E-state index in [1.807, 2.05) is 23.6 Å². The van der Waals surface area contributed by atoms with Crippen LogP contribution in [0.4, 0.5) is 4.39 Å². The third-order valence-corrected chi connectivity index (χ3v) is 5.69. The third-order valence-electron chi connectivity index (χ3n) is 5.39. The summed E-state index contributed by atoms with van der Waals surface area (Å²) in [6.07, 6.45) is -0.113. The molecule has 0 bridgehead atoms. The quantitative estimate of drug-likeness (QED) is 0.653. The van der Waals surface area contributed by atoms with Crippen LogP contribution in [0.15, 0.2) is 48.2 Å². The fraction of sp³-hybridized carbons (Fsp3) is 0.348. The van der Waals surface area contributed by atoms with Crippen LogP contribution in [0.5, 0.6) is 5.75 Å². The summed E-state index contributed by atoms with van der Waals surface area (Å²) in [6, 6.07) is 10.9. The minimum Gasteiger partial charge on any atom is -0.481 e. The van der Waals surface area contributed by atoms with Gasteiger partial charge in [0.2, 0.25) is 0 Å². The van der Waals surface area contributed by atoms with Crippen molar-refractivity contribution in [3.05, 3.63) is 70.1 Å². The van der Waals surface area contributed by atoms with E-state index >= 15 is 0 Å². The zero-order valence-electron chi connectivity index (χ0n) is 17.3. The molecule has 1 fully saturated rings. The van der Waals surface area contributed by atoms with Crippen molar-refractivity contribution in [1.82, 2.24) is 9.80 Å². The molecule has 0 unspecified atom stereocenters. The monoisotopic (exact) mass is 446 g/mol. The molecule has 1 N–H and O–H groups in total. The van der Waals surface area contributed by atoms with Gasteiger partial charge in [-0.25, -0.2) is 9.18 Å². The molecule has 0 amide bonds.